The van der Waals surface area contributed by atoms with Gasteiger partial charge in [-0.25, -0.2) is 0 Å². The van der Waals surface area contributed by atoms with Gasteiger partial charge in [0.05, 0.1) is 0 Å². The molecule has 4 rings (SSSR count). The molecule has 0 aliphatic heterocycles. The molecule has 1 aliphatic rings. The number of primary amides is 1. The molecule has 25 heavy (non-hydrogen) atoms. The van der Waals surface area contributed by atoms with E-state index >= 15 is 0 Å². The molecular formula is C22H19NO2. The van der Waals surface area contributed by atoms with Crippen LogP contribution < -0.4 is 10.5 Å². The first-order valence-electron chi connectivity index (χ1n) is 8.42. The lowest BCUT2D eigenvalue weighted by Gasteiger charge is -2.19. The van der Waals surface area contributed by atoms with Crippen molar-refractivity contribution in [2.45, 2.75) is 18.3 Å². The zero-order valence-corrected chi connectivity index (χ0v) is 13.8. The summed E-state index contributed by atoms with van der Waals surface area (Å²) in [6.45, 7) is 0. The second-order valence-corrected chi connectivity index (χ2v) is 6.43. The van der Waals surface area contributed by atoms with E-state index in [1.165, 1.54) is 5.56 Å². The van der Waals surface area contributed by atoms with Crippen molar-refractivity contribution in [2.24, 2.45) is 5.73 Å². The first-order chi connectivity index (χ1) is 12.2. The molecule has 0 spiro atoms. The third-order valence-corrected chi connectivity index (χ3v) is 4.84. The van der Waals surface area contributed by atoms with Crippen LogP contribution in [-0.2, 0) is 5.41 Å². The molecule has 3 nitrogen and oxygen atoms in total. The topological polar surface area (TPSA) is 52.3 Å². The normalized spacial score (nSPS) is 14.7. The van der Waals surface area contributed by atoms with E-state index in [1.54, 1.807) is 0 Å². The van der Waals surface area contributed by atoms with Gasteiger partial charge in [-0.3, -0.25) is 4.79 Å². The number of benzene rings is 3. The zero-order valence-electron chi connectivity index (χ0n) is 13.8. The van der Waals surface area contributed by atoms with Crippen molar-refractivity contribution in [2.75, 3.05) is 0 Å². The Labute approximate surface area is 147 Å². The summed E-state index contributed by atoms with van der Waals surface area (Å²) in [6, 6.07) is 25.5. The molecule has 124 valence electrons. The van der Waals surface area contributed by atoms with E-state index < -0.39 is 0 Å². The smallest absolute Gasteiger partial charge is 0.249 e. The van der Waals surface area contributed by atoms with Crippen LogP contribution in [0, 0.1) is 0 Å². The molecule has 0 radical (unpaired) electrons. The van der Waals surface area contributed by atoms with Gasteiger partial charge in [-0.2, -0.15) is 0 Å². The monoisotopic (exact) mass is 329 g/mol. The Hall–Kier alpha value is -3.07. The van der Waals surface area contributed by atoms with Gasteiger partial charge in [0.2, 0.25) is 5.91 Å². The molecular weight excluding hydrogens is 310 g/mol. The summed E-state index contributed by atoms with van der Waals surface area (Å²) < 4.78 is 5.86. The molecule has 1 amide bonds. The van der Waals surface area contributed by atoms with Gasteiger partial charge in [0.15, 0.2) is 0 Å². The number of para-hydroxylation sites is 1. The third-order valence-electron chi connectivity index (χ3n) is 4.84. The van der Waals surface area contributed by atoms with Gasteiger partial charge < -0.3 is 10.5 Å². The van der Waals surface area contributed by atoms with E-state index in [-0.39, 0.29) is 11.3 Å². The van der Waals surface area contributed by atoms with Crippen molar-refractivity contribution in [3.8, 4) is 11.5 Å². The van der Waals surface area contributed by atoms with E-state index in [2.05, 4.69) is 12.1 Å². The van der Waals surface area contributed by atoms with Crippen LogP contribution in [0.4, 0.5) is 0 Å². The number of carbonyl (C=O) groups is 1. The van der Waals surface area contributed by atoms with E-state index in [0.717, 1.165) is 29.9 Å². The first-order valence-corrected chi connectivity index (χ1v) is 8.42. The van der Waals surface area contributed by atoms with Crippen molar-refractivity contribution in [1.29, 1.82) is 0 Å². The van der Waals surface area contributed by atoms with Gasteiger partial charge in [-0.1, -0.05) is 48.5 Å². The van der Waals surface area contributed by atoms with Crippen LogP contribution in [-0.4, -0.2) is 5.91 Å². The number of nitrogens with two attached hydrogens (primary N) is 1. The number of hydrogen-bond donors (Lipinski definition) is 1. The van der Waals surface area contributed by atoms with Crippen molar-refractivity contribution in [3.05, 3.63) is 95.6 Å². The third kappa shape index (κ3) is 2.89. The van der Waals surface area contributed by atoms with E-state index in [9.17, 15) is 4.79 Å². The maximum atomic E-state index is 11.8. The fourth-order valence-electron chi connectivity index (χ4n) is 3.42. The minimum Gasteiger partial charge on any atom is -0.457 e. The molecule has 1 fully saturated rings. The summed E-state index contributed by atoms with van der Waals surface area (Å²) in [5.41, 5.74) is 8.31. The Morgan fingerprint density at radius 3 is 2.04 bits per heavy atom. The average Bonchev–Trinajstić information content (AvgIpc) is 3.45. The Kier molecular flexibility index (Phi) is 3.77. The largest absolute Gasteiger partial charge is 0.457 e. The van der Waals surface area contributed by atoms with Gasteiger partial charge in [0, 0.05) is 11.0 Å². The minimum atomic E-state index is -0.370. The number of ether oxygens (including phenoxy) is 1. The molecule has 0 atom stereocenters. The Morgan fingerprint density at radius 2 is 1.40 bits per heavy atom. The number of rotatable bonds is 5. The van der Waals surface area contributed by atoms with Crippen LogP contribution in [0.15, 0.2) is 78.9 Å². The first kappa shape index (κ1) is 15.5. The summed E-state index contributed by atoms with van der Waals surface area (Å²) in [4.78, 5) is 11.8. The summed E-state index contributed by atoms with van der Waals surface area (Å²) in [5.74, 6) is 1.25. The minimum absolute atomic E-state index is 0.100. The van der Waals surface area contributed by atoms with Crippen molar-refractivity contribution < 1.29 is 9.53 Å². The summed E-state index contributed by atoms with van der Waals surface area (Å²) in [6.07, 6.45) is 2.05. The van der Waals surface area contributed by atoms with E-state index in [0.29, 0.717) is 5.56 Å². The molecule has 1 aliphatic carbocycles. The fraction of sp³-hybridized carbons (Fsp3) is 0.136. The number of carbonyl (C=O) groups excluding carboxylic acids is 1. The molecule has 3 heteroatoms. The lowest BCUT2D eigenvalue weighted by Crippen LogP contribution is -2.19. The molecule has 0 aromatic heterocycles. The highest BCUT2D eigenvalue weighted by Gasteiger charge is 2.47. The Bertz CT molecular complexity index is 897. The number of hydrogen-bond acceptors (Lipinski definition) is 2. The van der Waals surface area contributed by atoms with Crippen LogP contribution >= 0.6 is 0 Å². The van der Waals surface area contributed by atoms with Gasteiger partial charge in [-0.05, 0) is 54.3 Å². The van der Waals surface area contributed by atoms with E-state index in [1.807, 2.05) is 66.7 Å². The Balaban J connectivity index is 1.63. The summed E-state index contributed by atoms with van der Waals surface area (Å²) >= 11 is 0. The fourth-order valence-corrected chi connectivity index (χ4v) is 3.42. The summed E-state index contributed by atoms with van der Waals surface area (Å²) in [5, 5.41) is 0. The van der Waals surface area contributed by atoms with Gasteiger partial charge >= 0.3 is 0 Å². The van der Waals surface area contributed by atoms with Gasteiger partial charge in [-0.15, -0.1) is 0 Å². The number of amides is 1. The standard InChI is InChI=1S/C22H19NO2/c23-21(24)19-8-4-5-9-20(19)22(14-15-22)16-10-12-18(13-11-16)25-17-6-2-1-3-7-17/h1-13H,14-15H2,(H2,23,24). The molecule has 0 saturated heterocycles. The molecule has 2 N–H and O–H groups in total. The molecule has 3 aromatic carbocycles. The quantitative estimate of drug-likeness (QED) is 0.740. The van der Waals surface area contributed by atoms with Gasteiger partial charge in [0.25, 0.3) is 0 Å². The van der Waals surface area contributed by atoms with Crippen LogP contribution in [0.2, 0.25) is 0 Å². The van der Waals surface area contributed by atoms with E-state index in [4.69, 9.17) is 10.5 Å². The van der Waals surface area contributed by atoms with Crippen LogP contribution in [0.1, 0.15) is 34.3 Å². The highest BCUT2D eigenvalue weighted by Crippen LogP contribution is 2.54. The van der Waals surface area contributed by atoms with Crippen LogP contribution in [0.3, 0.4) is 0 Å². The lowest BCUT2D eigenvalue weighted by molar-refractivity contribution is 0.0999. The summed E-state index contributed by atoms with van der Waals surface area (Å²) in [7, 11) is 0. The maximum Gasteiger partial charge on any atom is 0.249 e. The SMILES string of the molecule is NC(=O)c1ccccc1C1(c2ccc(Oc3ccccc3)cc2)CC1. The van der Waals surface area contributed by atoms with Crippen molar-refractivity contribution in [1.82, 2.24) is 0 Å². The average molecular weight is 329 g/mol. The molecule has 0 bridgehead atoms. The second-order valence-electron chi connectivity index (χ2n) is 6.43. The zero-order chi connectivity index (χ0) is 17.3. The molecule has 3 aromatic rings. The second kappa shape index (κ2) is 6.10. The molecule has 0 unspecified atom stereocenters. The predicted octanol–water partition coefficient (Wildman–Crippen LogP) is 4.66. The van der Waals surface area contributed by atoms with Crippen molar-refractivity contribution in [3.63, 3.8) is 0 Å². The molecule has 0 heterocycles. The van der Waals surface area contributed by atoms with Gasteiger partial charge in [0.1, 0.15) is 11.5 Å². The highest BCUT2D eigenvalue weighted by atomic mass is 16.5. The maximum absolute atomic E-state index is 11.8. The lowest BCUT2D eigenvalue weighted by atomic mass is 9.85. The molecule has 1 saturated carbocycles. The Morgan fingerprint density at radius 1 is 0.800 bits per heavy atom. The van der Waals surface area contributed by atoms with Crippen molar-refractivity contribution >= 4 is 5.91 Å². The predicted molar refractivity (Wildman–Crippen MR) is 97.9 cm³/mol. The van der Waals surface area contributed by atoms with Crippen LogP contribution in [0.25, 0.3) is 0 Å². The highest BCUT2D eigenvalue weighted by molar-refractivity contribution is 5.95. The van der Waals surface area contributed by atoms with Crippen LogP contribution in [0.5, 0.6) is 11.5 Å².